The molecule has 0 aliphatic rings. The van der Waals surface area contributed by atoms with Crippen LogP contribution in [0.1, 0.15) is 17.5 Å². The number of benzene rings is 2. The molecule has 0 aliphatic heterocycles. The van der Waals surface area contributed by atoms with Gasteiger partial charge in [-0.05, 0) is 48.2 Å². The van der Waals surface area contributed by atoms with Gasteiger partial charge in [0.15, 0.2) is 11.6 Å². The molecule has 0 spiro atoms. The highest BCUT2D eigenvalue weighted by Crippen LogP contribution is 2.25. The van der Waals surface area contributed by atoms with Crippen molar-refractivity contribution >= 4 is 29.1 Å². The predicted octanol–water partition coefficient (Wildman–Crippen LogP) is 4.34. The Morgan fingerprint density at radius 2 is 1.89 bits per heavy atom. The fraction of sp³-hybridized carbons (Fsp3) is 0.350. The van der Waals surface area contributed by atoms with Crippen molar-refractivity contribution in [3.8, 4) is 5.75 Å². The Morgan fingerprint density at radius 3 is 2.48 bits per heavy atom. The van der Waals surface area contributed by atoms with Crippen molar-refractivity contribution < 1.29 is 19.0 Å². The number of amides is 1. The smallest absolute Gasteiger partial charge is 0.226 e. The molecule has 1 N–H and O–H groups in total. The normalized spacial score (nSPS) is 11.9. The van der Waals surface area contributed by atoms with Gasteiger partial charge in [0.25, 0.3) is 0 Å². The number of aliphatic hydroxyl groups excluding tert-OH is 1. The van der Waals surface area contributed by atoms with E-state index < -0.39 is 11.7 Å². The van der Waals surface area contributed by atoms with Crippen LogP contribution in [0.2, 0.25) is 10.0 Å². The molecule has 4 nitrogen and oxygen atoms in total. The number of methoxy groups -OCH3 is 1. The van der Waals surface area contributed by atoms with E-state index >= 15 is 0 Å². The summed E-state index contributed by atoms with van der Waals surface area (Å²) in [7, 11) is 3.06. The van der Waals surface area contributed by atoms with E-state index in [-0.39, 0.29) is 24.8 Å². The first-order chi connectivity index (χ1) is 12.8. The maximum atomic E-state index is 13.9. The fourth-order valence-electron chi connectivity index (χ4n) is 2.89. The van der Waals surface area contributed by atoms with Gasteiger partial charge in [0, 0.05) is 26.1 Å². The van der Waals surface area contributed by atoms with Crippen LogP contribution in [0.25, 0.3) is 0 Å². The first-order valence-corrected chi connectivity index (χ1v) is 9.23. The van der Waals surface area contributed by atoms with E-state index in [0.717, 1.165) is 5.56 Å². The van der Waals surface area contributed by atoms with Crippen LogP contribution in [-0.4, -0.2) is 36.7 Å². The summed E-state index contributed by atoms with van der Waals surface area (Å²) >= 11 is 12.0. The summed E-state index contributed by atoms with van der Waals surface area (Å²) in [5.41, 5.74) is 1.52. The summed E-state index contributed by atoms with van der Waals surface area (Å²) in [4.78, 5) is 14.4. The third-order valence-corrected chi connectivity index (χ3v) is 5.04. The van der Waals surface area contributed by atoms with E-state index in [1.807, 2.05) is 6.07 Å². The molecule has 0 radical (unpaired) electrons. The summed E-state index contributed by atoms with van der Waals surface area (Å²) in [5, 5.41) is 10.2. The number of hydrogen-bond donors (Lipinski definition) is 1. The molecule has 0 saturated heterocycles. The first-order valence-electron chi connectivity index (χ1n) is 8.48. The number of ether oxygens (including phenoxy) is 1. The van der Waals surface area contributed by atoms with Gasteiger partial charge in [-0.15, -0.1) is 0 Å². The second-order valence-corrected chi connectivity index (χ2v) is 7.14. The Morgan fingerprint density at radius 1 is 1.19 bits per heavy atom. The van der Waals surface area contributed by atoms with Crippen LogP contribution in [0.4, 0.5) is 4.39 Å². The number of nitrogens with zero attached hydrogens (tertiary/aromatic N) is 1. The maximum Gasteiger partial charge on any atom is 0.226 e. The maximum absolute atomic E-state index is 13.9. The molecule has 1 amide bonds. The third-order valence-electron chi connectivity index (χ3n) is 4.31. The monoisotopic (exact) mass is 413 g/mol. The molecule has 0 aromatic heterocycles. The van der Waals surface area contributed by atoms with Gasteiger partial charge in [0.05, 0.1) is 17.2 Å². The summed E-state index contributed by atoms with van der Waals surface area (Å²) in [5.74, 6) is -0.865. The summed E-state index contributed by atoms with van der Waals surface area (Å²) in [6, 6.07) is 9.81. The van der Waals surface area contributed by atoms with Crippen molar-refractivity contribution in [2.24, 2.45) is 5.92 Å². The molecule has 27 heavy (non-hydrogen) atoms. The Balaban J connectivity index is 2.10. The fourth-order valence-corrected chi connectivity index (χ4v) is 3.21. The van der Waals surface area contributed by atoms with Crippen molar-refractivity contribution in [3.63, 3.8) is 0 Å². The molecule has 2 aromatic rings. The molecule has 146 valence electrons. The highest BCUT2D eigenvalue weighted by molar-refractivity contribution is 6.42. The van der Waals surface area contributed by atoms with E-state index in [4.69, 9.17) is 27.9 Å². The van der Waals surface area contributed by atoms with Crippen LogP contribution < -0.4 is 4.74 Å². The van der Waals surface area contributed by atoms with Gasteiger partial charge in [0.1, 0.15) is 0 Å². The van der Waals surface area contributed by atoms with Gasteiger partial charge in [0.2, 0.25) is 5.91 Å². The molecule has 0 saturated carbocycles. The molecule has 0 aliphatic carbocycles. The van der Waals surface area contributed by atoms with Crippen LogP contribution in [0, 0.1) is 11.7 Å². The number of carbonyl (C=O) groups excluding carboxylic acids is 1. The van der Waals surface area contributed by atoms with E-state index in [9.17, 15) is 14.3 Å². The standard InChI is InChI=1S/C20H22Cl2FNO3/c1-24(12-14-4-6-19(27-2)18(23)11-14)20(26)15(7-8-25)9-13-3-5-16(21)17(22)10-13/h3-6,10-11,15,25H,7-9,12H2,1-2H3. The minimum Gasteiger partial charge on any atom is -0.494 e. The minimum atomic E-state index is -0.474. The van der Waals surface area contributed by atoms with Gasteiger partial charge in [-0.2, -0.15) is 0 Å². The first kappa shape index (κ1) is 21.5. The van der Waals surface area contributed by atoms with Crippen LogP contribution >= 0.6 is 23.2 Å². The zero-order valence-corrected chi connectivity index (χ0v) is 16.7. The van der Waals surface area contributed by atoms with Crippen LogP contribution in [-0.2, 0) is 17.8 Å². The molecule has 0 bridgehead atoms. The zero-order chi connectivity index (χ0) is 20.0. The summed E-state index contributed by atoms with van der Waals surface area (Å²) < 4.78 is 18.8. The number of carbonyl (C=O) groups is 1. The minimum absolute atomic E-state index is 0.108. The quantitative estimate of drug-likeness (QED) is 0.699. The number of rotatable bonds is 8. The molecular weight excluding hydrogens is 392 g/mol. The Bertz CT molecular complexity index is 801. The molecule has 7 heteroatoms. The average molecular weight is 414 g/mol. The van der Waals surface area contributed by atoms with Crippen molar-refractivity contribution in [2.75, 3.05) is 20.8 Å². The van der Waals surface area contributed by atoms with Crippen molar-refractivity contribution in [3.05, 3.63) is 63.4 Å². The largest absolute Gasteiger partial charge is 0.494 e. The van der Waals surface area contributed by atoms with Crippen molar-refractivity contribution in [1.29, 1.82) is 0 Å². The van der Waals surface area contributed by atoms with Crippen LogP contribution in [0.3, 0.4) is 0 Å². The van der Waals surface area contributed by atoms with Gasteiger partial charge >= 0.3 is 0 Å². The second kappa shape index (κ2) is 9.93. The van der Waals surface area contributed by atoms with E-state index in [1.165, 1.54) is 24.1 Å². The zero-order valence-electron chi connectivity index (χ0n) is 15.2. The van der Waals surface area contributed by atoms with Gasteiger partial charge in [-0.1, -0.05) is 35.3 Å². The lowest BCUT2D eigenvalue weighted by Gasteiger charge is -2.24. The topological polar surface area (TPSA) is 49.8 Å². The van der Waals surface area contributed by atoms with E-state index in [0.29, 0.717) is 28.5 Å². The van der Waals surface area contributed by atoms with Crippen molar-refractivity contribution in [1.82, 2.24) is 4.90 Å². The number of hydrogen-bond acceptors (Lipinski definition) is 3. The SMILES string of the molecule is COc1ccc(CN(C)C(=O)C(CCO)Cc2ccc(Cl)c(Cl)c2)cc1F. The highest BCUT2D eigenvalue weighted by Gasteiger charge is 2.23. The summed E-state index contributed by atoms with van der Waals surface area (Å²) in [6.45, 7) is 0.145. The molecule has 2 aromatic carbocycles. The Labute approximate surface area is 168 Å². The molecule has 0 fully saturated rings. The summed E-state index contributed by atoms with van der Waals surface area (Å²) in [6.07, 6.45) is 0.748. The molecule has 0 heterocycles. The predicted molar refractivity (Wildman–Crippen MR) is 105 cm³/mol. The van der Waals surface area contributed by atoms with Crippen LogP contribution in [0.15, 0.2) is 36.4 Å². The van der Waals surface area contributed by atoms with E-state index in [2.05, 4.69) is 0 Å². The van der Waals surface area contributed by atoms with E-state index in [1.54, 1.807) is 25.2 Å². The molecule has 1 atom stereocenters. The van der Waals surface area contributed by atoms with Gasteiger partial charge < -0.3 is 14.7 Å². The molecular formula is C20H22Cl2FNO3. The lowest BCUT2D eigenvalue weighted by atomic mass is 9.95. The lowest BCUT2D eigenvalue weighted by molar-refractivity contribution is -0.135. The number of halogens is 3. The van der Waals surface area contributed by atoms with Gasteiger partial charge in [-0.25, -0.2) is 4.39 Å². The molecule has 2 rings (SSSR count). The second-order valence-electron chi connectivity index (χ2n) is 6.32. The Hall–Kier alpha value is -1.82. The van der Waals surface area contributed by atoms with Crippen molar-refractivity contribution in [2.45, 2.75) is 19.4 Å². The third kappa shape index (κ3) is 5.83. The highest BCUT2D eigenvalue weighted by atomic mass is 35.5. The average Bonchev–Trinajstić information content (AvgIpc) is 2.64. The van der Waals surface area contributed by atoms with Gasteiger partial charge in [-0.3, -0.25) is 4.79 Å². The Kier molecular flexibility index (Phi) is 7.90. The van der Waals surface area contributed by atoms with Crippen LogP contribution in [0.5, 0.6) is 5.75 Å². The lowest BCUT2D eigenvalue weighted by Crippen LogP contribution is -2.34. The molecule has 1 unspecified atom stereocenters. The number of aliphatic hydroxyl groups is 1.